The third-order valence-electron chi connectivity index (χ3n) is 4.17. The molecule has 0 bridgehead atoms. The Morgan fingerprint density at radius 1 is 1.04 bits per heavy atom. The molecule has 1 N–H and O–H groups in total. The van der Waals surface area contributed by atoms with Gasteiger partial charge in [0.1, 0.15) is 0 Å². The zero-order chi connectivity index (χ0) is 18.8. The van der Waals surface area contributed by atoms with Gasteiger partial charge in [0.2, 0.25) is 5.88 Å². The maximum absolute atomic E-state index is 12.6. The molecule has 0 amide bonds. The molecule has 0 saturated heterocycles. The molecule has 2 aromatic carbocycles. The van der Waals surface area contributed by atoms with E-state index in [0.29, 0.717) is 34.5 Å². The summed E-state index contributed by atoms with van der Waals surface area (Å²) < 4.78 is 2.65. The van der Waals surface area contributed by atoms with E-state index in [4.69, 9.17) is 23.2 Å². The third kappa shape index (κ3) is 3.80. The monoisotopic (exact) mass is 391 g/mol. The molecule has 136 valence electrons. The average molecular weight is 392 g/mol. The maximum Gasteiger partial charge on any atom is 0.335 e. The van der Waals surface area contributed by atoms with Crippen LogP contribution in [0.4, 0.5) is 0 Å². The number of benzene rings is 2. The summed E-state index contributed by atoms with van der Waals surface area (Å²) >= 11 is 12.1. The first kappa shape index (κ1) is 18.6. The van der Waals surface area contributed by atoms with Crippen molar-refractivity contribution < 1.29 is 5.11 Å². The summed E-state index contributed by atoms with van der Waals surface area (Å²) in [5.74, 6) is -0.115. The first-order valence-electron chi connectivity index (χ1n) is 8.05. The molecule has 1 aromatic heterocycles. The van der Waals surface area contributed by atoms with Gasteiger partial charge in [0.15, 0.2) is 0 Å². The standard InChI is InChI=1S/C19H19Cl2N3O2/c1-22(11-13-6-4-3-5-7-13)12-17-18(25)24(19(26)23(17)2)16-9-14(20)8-15(21)10-16/h3-10,25H,11-12H2,1-2H3. The van der Waals surface area contributed by atoms with Crippen LogP contribution in [0.15, 0.2) is 53.3 Å². The average Bonchev–Trinajstić information content (AvgIpc) is 2.78. The second-order valence-corrected chi connectivity index (χ2v) is 7.11. The van der Waals surface area contributed by atoms with Crippen LogP contribution >= 0.6 is 23.2 Å². The van der Waals surface area contributed by atoms with Crippen molar-refractivity contribution in [1.82, 2.24) is 14.0 Å². The van der Waals surface area contributed by atoms with E-state index in [1.54, 1.807) is 25.2 Å². The number of aromatic hydroxyl groups is 1. The van der Waals surface area contributed by atoms with Crippen LogP contribution in [0.3, 0.4) is 0 Å². The van der Waals surface area contributed by atoms with E-state index >= 15 is 0 Å². The van der Waals surface area contributed by atoms with E-state index < -0.39 is 0 Å². The van der Waals surface area contributed by atoms with Crippen molar-refractivity contribution in [1.29, 1.82) is 0 Å². The predicted molar refractivity (Wildman–Crippen MR) is 104 cm³/mol. The molecule has 5 nitrogen and oxygen atoms in total. The van der Waals surface area contributed by atoms with E-state index in [1.807, 2.05) is 42.3 Å². The van der Waals surface area contributed by atoms with E-state index in [-0.39, 0.29) is 11.6 Å². The lowest BCUT2D eigenvalue weighted by Crippen LogP contribution is -2.24. The van der Waals surface area contributed by atoms with E-state index in [0.717, 1.165) is 5.56 Å². The van der Waals surface area contributed by atoms with Crippen molar-refractivity contribution >= 4 is 23.2 Å². The SMILES string of the molecule is CN(Cc1ccccc1)Cc1c(O)n(-c2cc(Cl)cc(Cl)c2)c(=O)n1C. The Hall–Kier alpha value is -2.21. The Balaban J connectivity index is 1.93. The van der Waals surface area contributed by atoms with Crippen molar-refractivity contribution in [2.24, 2.45) is 7.05 Å². The number of hydrogen-bond acceptors (Lipinski definition) is 3. The fourth-order valence-corrected chi connectivity index (χ4v) is 3.43. The number of hydrogen-bond donors (Lipinski definition) is 1. The normalized spacial score (nSPS) is 11.3. The summed E-state index contributed by atoms with van der Waals surface area (Å²) in [6.07, 6.45) is 0. The van der Waals surface area contributed by atoms with Crippen LogP contribution in [0.5, 0.6) is 5.88 Å². The molecule has 0 radical (unpaired) electrons. The Morgan fingerprint density at radius 2 is 1.65 bits per heavy atom. The molecule has 3 rings (SSSR count). The molecule has 0 saturated carbocycles. The molecule has 0 aliphatic carbocycles. The van der Waals surface area contributed by atoms with Crippen LogP contribution < -0.4 is 5.69 Å². The molecule has 3 aromatic rings. The summed E-state index contributed by atoms with van der Waals surface area (Å²) in [4.78, 5) is 14.7. The highest BCUT2D eigenvalue weighted by molar-refractivity contribution is 6.34. The molecule has 0 atom stereocenters. The highest BCUT2D eigenvalue weighted by Crippen LogP contribution is 2.26. The van der Waals surface area contributed by atoms with Gasteiger partial charge in [0.25, 0.3) is 0 Å². The van der Waals surface area contributed by atoms with Crippen molar-refractivity contribution in [3.8, 4) is 11.6 Å². The second-order valence-electron chi connectivity index (χ2n) is 6.23. The number of nitrogens with zero attached hydrogens (tertiary/aromatic N) is 3. The van der Waals surface area contributed by atoms with Gasteiger partial charge in [0, 0.05) is 30.2 Å². The largest absolute Gasteiger partial charge is 0.493 e. The highest BCUT2D eigenvalue weighted by atomic mass is 35.5. The molecular formula is C19H19Cl2N3O2. The Morgan fingerprint density at radius 3 is 2.27 bits per heavy atom. The number of aromatic nitrogens is 2. The fourth-order valence-electron chi connectivity index (χ4n) is 2.92. The lowest BCUT2D eigenvalue weighted by Gasteiger charge is -2.17. The van der Waals surface area contributed by atoms with Gasteiger partial charge < -0.3 is 5.11 Å². The smallest absolute Gasteiger partial charge is 0.335 e. The fraction of sp³-hybridized carbons (Fsp3) is 0.211. The Bertz CT molecular complexity index is 960. The molecular weight excluding hydrogens is 373 g/mol. The van der Waals surface area contributed by atoms with E-state index in [1.165, 1.54) is 9.13 Å². The van der Waals surface area contributed by atoms with Gasteiger partial charge in [-0.15, -0.1) is 0 Å². The molecule has 0 spiro atoms. The molecule has 0 unspecified atom stereocenters. The number of imidazole rings is 1. The molecule has 0 fully saturated rings. The van der Waals surface area contributed by atoms with Crippen LogP contribution in [0.2, 0.25) is 10.0 Å². The number of rotatable bonds is 5. The van der Waals surface area contributed by atoms with Crippen LogP contribution in [0.1, 0.15) is 11.3 Å². The zero-order valence-corrected chi connectivity index (χ0v) is 16.0. The maximum atomic E-state index is 12.6. The second kappa shape index (κ2) is 7.58. The predicted octanol–water partition coefficient (Wildman–Crippen LogP) is 3.82. The van der Waals surface area contributed by atoms with Crippen molar-refractivity contribution in [2.45, 2.75) is 13.1 Å². The van der Waals surface area contributed by atoms with Crippen molar-refractivity contribution in [2.75, 3.05) is 7.05 Å². The van der Waals surface area contributed by atoms with Gasteiger partial charge in [-0.2, -0.15) is 0 Å². The molecule has 7 heteroatoms. The summed E-state index contributed by atoms with van der Waals surface area (Å²) in [5.41, 5.74) is 1.74. The van der Waals surface area contributed by atoms with Crippen LogP contribution in [-0.2, 0) is 20.1 Å². The summed E-state index contributed by atoms with van der Waals surface area (Å²) in [6.45, 7) is 1.11. The molecule has 0 aliphatic heterocycles. The summed E-state index contributed by atoms with van der Waals surface area (Å²) in [6, 6.07) is 14.8. The van der Waals surface area contributed by atoms with Gasteiger partial charge in [-0.25, -0.2) is 9.36 Å². The zero-order valence-electron chi connectivity index (χ0n) is 14.5. The molecule has 1 heterocycles. The van der Waals surface area contributed by atoms with Crippen molar-refractivity contribution in [3.63, 3.8) is 0 Å². The van der Waals surface area contributed by atoms with Crippen LogP contribution in [-0.4, -0.2) is 26.2 Å². The van der Waals surface area contributed by atoms with Crippen molar-refractivity contribution in [3.05, 3.63) is 80.3 Å². The molecule has 0 aliphatic rings. The quantitative estimate of drug-likeness (QED) is 0.718. The van der Waals surface area contributed by atoms with Gasteiger partial charge in [-0.05, 0) is 30.8 Å². The Labute approximate surface area is 161 Å². The topological polar surface area (TPSA) is 50.4 Å². The lowest BCUT2D eigenvalue weighted by molar-refractivity contribution is 0.303. The highest BCUT2D eigenvalue weighted by Gasteiger charge is 2.20. The van der Waals surface area contributed by atoms with Crippen LogP contribution in [0.25, 0.3) is 5.69 Å². The van der Waals surface area contributed by atoms with Gasteiger partial charge in [-0.3, -0.25) is 9.47 Å². The molecule has 26 heavy (non-hydrogen) atoms. The Kier molecular flexibility index (Phi) is 5.41. The van der Waals surface area contributed by atoms with Crippen LogP contribution in [0, 0.1) is 0 Å². The minimum atomic E-state index is -0.357. The minimum absolute atomic E-state index is 0.115. The summed E-state index contributed by atoms with van der Waals surface area (Å²) in [5, 5.41) is 11.5. The van der Waals surface area contributed by atoms with Gasteiger partial charge >= 0.3 is 5.69 Å². The third-order valence-corrected chi connectivity index (χ3v) is 4.61. The van der Waals surface area contributed by atoms with Gasteiger partial charge in [0.05, 0.1) is 11.4 Å². The van der Waals surface area contributed by atoms with E-state index in [9.17, 15) is 9.90 Å². The first-order valence-corrected chi connectivity index (χ1v) is 8.81. The van der Waals surface area contributed by atoms with Gasteiger partial charge in [-0.1, -0.05) is 53.5 Å². The lowest BCUT2D eigenvalue weighted by atomic mass is 10.2. The summed E-state index contributed by atoms with van der Waals surface area (Å²) in [7, 11) is 3.57. The first-order chi connectivity index (χ1) is 12.4. The minimum Gasteiger partial charge on any atom is -0.493 e. The number of halogens is 2. The van der Waals surface area contributed by atoms with E-state index in [2.05, 4.69) is 0 Å².